The van der Waals surface area contributed by atoms with Crippen molar-refractivity contribution in [2.45, 2.75) is 46.1 Å². The number of methoxy groups -OCH3 is 4. The number of nitrogens with one attached hydrogen (secondary N) is 2. The molecule has 4 rings (SSSR count). The van der Waals surface area contributed by atoms with Gasteiger partial charge in [-0.2, -0.15) is 0 Å². The number of hydrogen-bond acceptors (Lipinski definition) is 9. The van der Waals surface area contributed by atoms with Crippen LogP contribution in [0.4, 0.5) is 5.69 Å². The molecule has 10 nitrogen and oxygen atoms in total. The molecule has 2 N–H and O–H groups in total. The number of ether oxygens (including phenoxy) is 4. The average Bonchev–Trinajstić information content (AvgIpc) is 3.10. The first-order chi connectivity index (χ1) is 23.3. The van der Waals surface area contributed by atoms with Gasteiger partial charge in [-0.1, -0.05) is 30.3 Å². The molecule has 0 unspecified atom stereocenters. The lowest BCUT2D eigenvalue weighted by atomic mass is 9.91. The van der Waals surface area contributed by atoms with Crippen molar-refractivity contribution in [3.63, 3.8) is 0 Å². The zero-order valence-electron chi connectivity index (χ0n) is 28.8. The summed E-state index contributed by atoms with van der Waals surface area (Å²) in [5.41, 5.74) is 7.85. The van der Waals surface area contributed by atoms with Crippen molar-refractivity contribution in [3.8, 4) is 22.6 Å². The first kappa shape index (κ1) is 36.2. The molecule has 0 aliphatic rings. The van der Waals surface area contributed by atoms with Crippen LogP contribution in [0.25, 0.3) is 11.1 Å². The van der Waals surface area contributed by atoms with E-state index >= 15 is 0 Å². The first-order valence-electron chi connectivity index (χ1n) is 16.1. The van der Waals surface area contributed by atoms with E-state index in [1.165, 1.54) is 0 Å². The number of carbonyl (C=O) groups excluding carboxylic acids is 2. The molecule has 0 spiro atoms. The Morgan fingerprint density at radius 1 is 0.729 bits per heavy atom. The number of pyridine rings is 2. The third-order valence-corrected chi connectivity index (χ3v) is 8.36. The standard InChI is InChI=1S/C38H46N4O6/c1-25-27(19-35(43)33-20-37(48-6)29(24-40-33)22-39-16-18-46-4)12-9-13-30(25)31-14-10-15-32(26(31)2)42-38(44)34-21-36(47-5)28(23-41-34)11-7-8-17-45-3/h9-10,12-15,20-21,23-24,39H,7-8,11,16-19,22H2,1-6H3,(H,42,44). The third-order valence-electron chi connectivity index (χ3n) is 8.36. The molecule has 48 heavy (non-hydrogen) atoms. The minimum absolute atomic E-state index is 0.103. The molecule has 2 aromatic carbocycles. The van der Waals surface area contributed by atoms with E-state index in [1.807, 2.05) is 50.2 Å². The fourth-order valence-electron chi connectivity index (χ4n) is 5.55. The Balaban J connectivity index is 1.50. The van der Waals surface area contributed by atoms with Crippen molar-refractivity contribution in [1.29, 1.82) is 0 Å². The number of anilines is 1. The molecule has 254 valence electrons. The summed E-state index contributed by atoms with van der Waals surface area (Å²) in [6.07, 6.45) is 6.24. The van der Waals surface area contributed by atoms with Gasteiger partial charge in [-0.15, -0.1) is 0 Å². The highest BCUT2D eigenvalue weighted by Gasteiger charge is 2.18. The Morgan fingerprint density at radius 3 is 2.10 bits per heavy atom. The van der Waals surface area contributed by atoms with Gasteiger partial charge >= 0.3 is 0 Å². The minimum atomic E-state index is -0.324. The maximum atomic E-state index is 13.4. The van der Waals surface area contributed by atoms with Gasteiger partial charge in [-0.25, -0.2) is 0 Å². The molecule has 0 saturated carbocycles. The largest absolute Gasteiger partial charge is 0.496 e. The molecule has 0 fully saturated rings. The van der Waals surface area contributed by atoms with Crippen molar-refractivity contribution in [2.24, 2.45) is 0 Å². The highest BCUT2D eigenvalue weighted by atomic mass is 16.5. The summed E-state index contributed by atoms with van der Waals surface area (Å²) < 4.78 is 21.3. The van der Waals surface area contributed by atoms with Crippen LogP contribution in [-0.4, -0.2) is 69.9 Å². The van der Waals surface area contributed by atoms with E-state index in [2.05, 4.69) is 20.6 Å². The van der Waals surface area contributed by atoms with Crippen LogP contribution in [0.1, 0.15) is 61.6 Å². The molecule has 10 heteroatoms. The number of aryl methyl sites for hydroxylation is 1. The van der Waals surface area contributed by atoms with Crippen LogP contribution in [0.5, 0.6) is 11.5 Å². The van der Waals surface area contributed by atoms with Crippen LogP contribution in [0.3, 0.4) is 0 Å². The highest BCUT2D eigenvalue weighted by Crippen LogP contribution is 2.33. The maximum absolute atomic E-state index is 13.4. The number of Topliss-reactive ketones (excluding diaryl/α,β-unsaturated/α-hetero) is 1. The Labute approximate surface area is 283 Å². The van der Waals surface area contributed by atoms with Crippen LogP contribution in [0.15, 0.2) is 60.9 Å². The van der Waals surface area contributed by atoms with Gasteiger partial charge in [0.2, 0.25) is 0 Å². The lowest BCUT2D eigenvalue weighted by Crippen LogP contribution is -2.19. The number of hydrogen-bond donors (Lipinski definition) is 2. The van der Waals surface area contributed by atoms with E-state index in [4.69, 9.17) is 18.9 Å². The van der Waals surface area contributed by atoms with E-state index in [1.54, 1.807) is 53.0 Å². The Morgan fingerprint density at radius 2 is 1.38 bits per heavy atom. The van der Waals surface area contributed by atoms with Gasteiger partial charge in [0, 0.05) is 81.7 Å². The summed E-state index contributed by atoms with van der Waals surface area (Å²) in [5, 5.41) is 6.30. The number of amides is 1. The first-order valence-corrected chi connectivity index (χ1v) is 16.1. The lowest BCUT2D eigenvalue weighted by molar-refractivity contribution is 0.0985. The van der Waals surface area contributed by atoms with Crippen LogP contribution >= 0.6 is 0 Å². The molecule has 1 amide bonds. The molecular formula is C38H46N4O6. The van der Waals surface area contributed by atoms with E-state index in [9.17, 15) is 9.59 Å². The summed E-state index contributed by atoms with van der Waals surface area (Å²) in [4.78, 5) is 35.6. The summed E-state index contributed by atoms with van der Waals surface area (Å²) in [6.45, 7) is 6.54. The molecule has 2 heterocycles. The molecule has 0 bridgehead atoms. The van der Waals surface area contributed by atoms with Gasteiger partial charge in [-0.05, 0) is 67.0 Å². The number of ketones is 1. The maximum Gasteiger partial charge on any atom is 0.274 e. The molecule has 0 saturated heterocycles. The van der Waals surface area contributed by atoms with Crippen LogP contribution in [0, 0.1) is 13.8 Å². The van der Waals surface area contributed by atoms with Crippen LogP contribution < -0.4 is 20.1 Å². The Kier molecular flexibility index (Phi) is 13.6. The molecule has 0 radical (unpaired) electrons. The van der Waals surface area contributed by atoms with Gasteiger partial charge in [0.1, 0.15) is 22.9 Å². The summed E-state index contributed by atoms with van der Waals surface area (Å²) >= 11 is 0. The molecule has 4 aromatic rings. The zero-order chi connectivity index (χ0) is 34.5. The smallest absolute Gasteiger partial charge is 0.274 e. The summed E-state index contributed by atoms with van der Waals surface area (Å²) in [6, 6.07) is 15.1. The zero-order valence-corrected chi connectivity index (χ0v) is 28.8. The van der Waals surface area contributed by atoms with Crippen molar-refractivity contribution in [3.05, 3.63) is 100 Å². The summed E-state index contributed by atoms with van der Waals surface area (Å²) in [7, 11) is 6.53. The number of nitrogens with zero attached hydrogens (tertiary/aromatic N) is 2. The van der Waals surface area contributed by atoms with E-state index in [0.29, 0.717) is 49.2 Å². The molecule has 2 aromatic heterocycles. The van der Waals surface area contributed by atoms with Crippen molar-refractivity contribution in [2.75, 3.05) is 53.5 Å². The molecule has 0 aliphatic heterocycles. The van der Waals surface area contributed by atoms with Crippen molar-refractivity contribution >= 4 is 17.4 Å². The third kappa shape index (κ3) is 9.25. The molecule has 0 atom stereocenters. The lowest BCUT2D eigenvalue weighted by Gasteiger charge is -2.17. The van der Waals surface area contributed by atoms with Gasteiger partial charge in [0.05, 0.1) is 20.8 Å². The second kappa shape index (κ2) is 18.1. The van der Waals surface area contributed by atoms with Gasteiger partial charge in [-0.3, -0.25) is 19.6 Å². The molecule has 0 aliphatic carbocycles. The fraction of sp³-hybridized carbons (Fsp3) is 0.368. The van der Waals surface area contributed by atoms with E-state index in [0.717, 1.165) is 58.2 Å². The van der Waals surface area contributed by atoms with E-state index < -0.39 is 0 Å². The van der Waals surface area contributed by atoms with Crippen LogP contribution in [0.2, 0.25) is 0 Å². The molecular weight excluding hydrogens is 608 g/mol. The Hall–Kier alpha value is -4.64. The number of aromatic nitrogens is 2. The highest BCUT2D eigenvalue weighted by molar-refractivity contribution is 6.04. The van der Waals surface area contributed by atoms with Gasteiger partial charge < -0.3 is 29.6 Å². The number of benzene rings is 2. The van der Waals surface area contributed by atoms with Crippen molar-refractivity contribution < 1.29 is 28.5 Å². The van der Waals surface area contributed by atoms with Gasteiger partial charge in [0.25, 0.3) is 5.91 Å². The summed E-state index contributed by atoms with van der Waals surface area (Å²) in [5.74, 6) is 0.824. The van der Waals surface area contributed by atoms with E-state index in [-0.39, 0.29) is 23.8 Å². The van der Waals surface area contributed by atoms with Crippen molar-refractivity contribution in [1.82, 2.24) is 15.3 Å². The van der Waals surface area contributed by atoms with Gasteiger partial charge in [0.15, 0.2) is 5.78 Å². The SMILES string of the molecule is COCCCCc1cnc(C(=O)Nc2cccc(-c3cccc(CC(=O)c4cc(OC)c(CNCCOC)cn4)c3C)c2C)cc1OC. The average molecular weight is 655 g/mol. The fourth-order valence-corrected chi connectivity index (χ4v) is 5.55. The second-order valence-corrected chi connectivity index (χ2v) is 11.5. The number of unbranched alkanes of at least 4 members (excludes halogenated alkanes) is 1. The van der Waals surface area contributed by atoms with Crippen LogP contribution in [-0.2, 0) is 28.9 Å². The predicted octanol–water partition coefficient (Wildman–Crippen LogP) is 6.16. The Bertz CT molecular complexity index is 1580. The number of rotatable bonds is 18. The predicted molar refractivity (Wildman–Crippen MR) is 187 cm³/mol. The topological polar surface area (TPSA) is 121 Å². The minimum Gasteiger partial charge on any atom is -0.496 e. The normalized spacial score (nSPS) is 11.0. The quantitative estimate of drug-likeness (QED) is 0.0960. The number of carbonyl (C=O) groups is 2. The monoisotopic (exact) mass is 654 g/mol. The second-order valence-electron chi connectivity index (χ2n) is 11.5.